The molecule has 0 aliphatic carbocycles. The van der Waals surface area contributed by atoms with Crippen molar-refractivity contribution in [2.24, 2.45) is 0 Å². The molecule has 1 aromatic heterocycles. The standard InChI is InChI=1S/C20H21BrN4O3/c1-3-4-14-5-10-18(19(11-14)27-2)28-13-17(26)12-25-23-20(22-24-25)15-6-8-16(21)9-7-15/h3,5-11,17,26H,1,4,12-13H2,2H3/t17-/m1/s1. The second kappa shape index (κ2) is 9.48. The summed E-state index contributed by atoms with van der Waals surface area (Å²) in [4.78, 5) is 1.36. The van der Waals surface area contributed by atoms with Crippen molar-refractivity contribution in [2.45, 2.75) is 19.1 Å². The Balaban J connectivity index is 1.58. The van der Waals surface area contributed by atoms with Gasteiger partial charge >= 0.3 is 0 Å². The van der Waals surface area contributed by atoms with Gasteiger partial charge in [-0.05, 0) is 53.6 Å². The molecule has 0 spiro atoms. The van der Waals surface area contributed by atoms with E-state index in [1.807, 2.05) is 48.5 Å². The van der Waals surface area contributed by atoms with Crippen LogP contribution in [0.1, 0.15) is 5.56 Å². The molecular formula is C20H21BrN4O3. The molecule has 0 bridgehead atoms. The van der Waals surface area contributed by atoms with E-state index < -0.39 is 6.10 Å². The van der Waals surface area contributed by atoms with Crippen molar-refractivity contribution in [3.63, 3.8) is 0 Å². The second-order valence-corrected chi connectivity index (χ2v) is 7.03. The number of methoxy groups -OCH3 is 1. The van der Waals surface area contributed by atoms with Crippen LogP contribution in [0.2, 0.25) is 0 Å². The number of benzene rings is 2. The minimum Gasteiger partial charge on any atom is -0.493 e. The molecule has 1 heterocycles. The van der Waals surface area contributed by atoms with Crippen LogP contribution < -0.4 is 9.47 Å². The van der Waals surface area contributed by atoms with Crippen LogP contribution in [-0.4, -0.2) is 45.1 Å². The maximum absolute atomic E-state index is 10.3. The molecule has 0 saturated heterocycles. The number of aromatic nitrogens is 4. The van der Waals surface area contributed by atoms with Gasteiger partial charge < -0.3 is 14.6 Å². The molecule has 146 valence electrons. The van der Waals surface area contributed by atoms with Crippen LogP contribution in [0.3, 0.4) is 0 Å². The highest BCUT2D eigenvalue weighted by Crippen LogP contribution is 2.28. The Bertz CT molecular complexity index is 927. The number of hydrogen-bond donors (Lipinski definition) is 1. The Morgan fingerprint density at radius 2 is 2.00 bits per heavy atom. The lowest BCUT2D eigenvalue weighted by Gasteiger charge is -2.14. The topological polar surface area (TPSA) is 82.3 Å². The molecule has 0 amide bonds. The molecule has 1 atom stereocenters. The number of nitrogens with zero attached hydrogens (tertiary/aromatic N) is 4. The highest BCUT2D eigenvalue weighted by molar-refractivity contribution is 9.10. The van der Waals surface area contributed by atoms with Gasteiger partial charge in [0.05, 0.1) is 13.7 Å². The molecule has 0 aliphatic heterocycles. The van der Waals surface area contributed by atoms with Gasteiger partial charge in [0.2, 0.25) is 5.82 Å². The fourth-order valence-electron chi connectivity index (χ4n) is 2.59. The zero-order valence-electron chi connectivity index (χ0n) is 15.5. The summed E-state index contributed by atoms with van der Waals surface area (Å²) in [5.74, 6) is 1.68. The van der Waals surface area contributed by atoms with Crippen molar-refractivity contribution in [3.8, 4) is 22.9 Å². The second-order valence-electron chi connectivity index (χ2n) is 6.12. The highest BCUT2D eigenvalue weighted by Gasteiger charge is 2.13. The summed E-state index contributed by atoms with van der Waals surface area (Å²) in [6.45, 7) is 3.97. The van der Waals surface area contributed by atoms with Gasteiger partial charge in [-0.2, -0.15) is 4.80 Å². The third-order valence-electron chi connectivity index (χ3n) is 3.97. The quantitative estimate of drug-likeness (QED) is 0.509. The van der Waals surface area contributed by atoms with Crippen molar-refractivity contribution in [1.29, 1.82) is 0 Å². The van der Waals surface area contributed by atoms with Crippen LogP contribution >= 0.6 is 15.9 Å². The molecule has 0 saturated carbocycles. The number of halogens is 1. The van der Waals surface area contributed by atoms with Crippen molar-refractivity contribution < 1.29 is 14.6 Å². The third kappa shape index (κ3) is 5.17. The summed E-state index contributed by atoms with van der Waals surface area (Å²) in [6.07, 6.45) is 1.77. The van der Waals surface area contributed by atoms with Crippen molar-refractivity contribution in [3.05, 3.63) is 65.2 Å². The molecule has 2 aromatic carbocycles. The van der Waals surface area contributed by atoms with Gasteiger partial charge in [0.1, 0.15) is 12.7 Å². The molecule has 28 heavy (non-hydrogen) atoms. The molecule has 0 unspecified atom stereocenters. The van der Waals surface area contributed by atoms with E-state index >= 15 is 0 Å². The first-order valence-electron chi connectivity index (χ1n) is 8.71. The van der Waals surface area contributed by atoms with Crippen LogP contribution in [-0.2, 0) is 13.0 Å². The first-order chi connectivity index (χ1) is 13.6. The summed E-state index contributed by atoms with van der Waals surface area (Å²) in [5, 5.41) is 22.6. The molecular weight excluding hydrogens is 424 g/mol. The average molecular weight is 445 g/mol. The molecule has 3 aromatic rings. The molecule has 0 fully saturated rings. The monoisotopic (exact) mass is 444 g/mol. The minimum absolute atomic E-state index is 0.0757. The molecule has 8 heteroatoms. The van der Waals surface area contributed by atoms with Gasteiger partial charge in [0.15, 0.2) is 11.5 Å². The van der Waals surface area contributed by atoms with Gasteiger partial charge in [-0.15, -0.1) is 16.8 Å². The number of ether oxygens (including phenoxy) is 2. The van der Waals surface area contributed by atoms with E-state index in [1.165, 1.54) is 4.80 Å². The normalized spacial score (nSPS) is 11.8. The average Bonchev–Trinajstić information content (AvgIpc) is 3.16. The van der Waals surface area contributed by atoms with E-state index in [2.05, 4.69) is 37.9 Å². The van der Waals surface area contributed by atoms with Crippen molar-refractivity contribution in [1.82, 2.24) is 20.2 Å². The van der Waals surface area contributed by atoms with E-state index in [-0.39, 0.29) is 13.2 Å². The van der Waals surface area contributed by atoms with Crippen LogP contribution in [0.25, 0.3) is 11.4 Å². The smallest absolute Gasteiger partial charge is 0.204 e. The number of allylic oxidation sites excluding steroid dienone is 1. The van der Waals surface area contributed by atoms with E-state index in [1.54, 1.807) is 7.11 Å². The first-order valence-corrected chi connectivity index (χ1v) is 9.50. The summed E-state index contributed by atoms with van der Waals surface area (Å²) < 4.78 is 12.0. The Hall–Kier alpha value is -2.71. The molecule has 0 aliphatic rings. The lowest BCUT2D eigenvalue weighted by atomic mass is 10.1. The summed E-state index contributed by atoms with van der Waals surface area (Å²) >= 11 is 3.39. The number of aliphatic hydroxyl groups excluding tert-OH is 1. The highest BCUT2D eigenvalue weighted by atomic mass is 79.9. The van der Waals surface area contributed by atoms with Crippen molar-refractivity contribution >= 4 is 15.9 Å². The summed E-state index contributed by atoms with van der Waals surface area (Å²) in [7, 11) is 1.58. The number of hydrogen-bond acceptors (Lipinski definition) is 6. The number of rotatable bonds is 9. The first kappa shape index (κ1) is 20.0. The largest absolute Gasteiger partial charge is 0.493 e. The number of aliphatic hydroxyl groups is 1. The van der Waals surface area contributed by atoms with Crippen LogP contribution in [0.5, 0.6) is 11.5 Å². The maximum atomic E-state index is 10.3. The van der Waals surface area contributed by atoms with Gasteiger partial charge in [-0.1, -0.05) is 28.1 Å². The SMILES string of the molecule is C=CCc1ccc(OC[C@H](O)Cn2nnc(-c3ccc(Br)cc3)n2)c(OC)c1. The van der Waals surface area contributed by atoms with E-state index in [4.69, 9.17) is 9.47 Å². The van der Waals surface area contributed by atoms with Crippen molar-refractivity contribution in [2.75, 3.05) is 13.7 Å². The summed E-state index contributed by atoms with van der Waals surface area (Å²) in [5.41, 5.74) is 1.93. The molecule has 3 rings (SSSR count). The Labute approximate surface area is 171 Å². The number of tetrazole rings is 1. The predicted octanol–water partition coefficient (Wildman–Crippen LogP) is 3.28. The van der Waals surface area contributed by atoms with E-state index in [9.17, 15) is 5.11 Å². The fraction of sp³-hybridized carbons (Fsp3) is 0.250. The van der Waals surface area contributed by atoms with Gasteiger partial charge in [-0.25, -0.2) is 0 Å². The zero-order valence-corrected chi connectivity index (χ0v) is 17.0. The van der Waals surface area contributed by atoms with Crippen LogP contribution in [0.15, 0.2) is 59.6 Å². The summed E-state index contributed by atoms with van der Waals surface area (Å²) in [6, 6.07) is 13.3. The Morgan fingerprint density at radius 1 is 1.21 bits per heavy atom. The molecule has 1 N–H and O–H groups in total. The lowest BCUT2D eigenvalue weighted by Crippen LogP contribution is -2.25. The van der Waals surface area contributed by atoms with Crippen LogP contribution in [0, 0.1) is 0 Å². The Morgan fingerprint density at radius 3 is 2.71 bits per heavy atom. The lowest BCUT2D eigenvalue weighted by molar-refractivity contribution is 0.0836. The molecule has 7 nitrogen and oxygen atoms in total. The van der Waals surface area contributed by atoms with E-state index in [0.29, 0.717) is 17.3 Å². The zero-order chi connectivity index (χ0) is 19.9. The van der Waals surface area contributed by atoms with Gasteiger partial charge in [0, 0.05) is 10.0 Å². The Kier molecular flexibility index (Phi) is 6.78. The van der Waals surface area contributed by atoms with Gasteiger partial charge in [0.25, 0.3) is 0 Å². The fourth-order valence-corrected chi connectivity index (χ4v) is 2.85. The van der Waals surface area contributed by atoms with E-state index in [0.717, 1.165) is 22.0 Å². The van der Waals surface area contributed by atoms with Crippen LogP contribution in [0.4, 0.5) is 0 Å². The van der Waals surface area contributed by atoms with Gasteiger partial charge in [-0.3, -0.25) is 0 Å². The third-order valence-corrected chi connectivity index (χ3v) is 4.50. The minimum atomic E-state index is -0.801. The maximum Gasteiger partial charge on any atom is 0.204 e. The molecule has 0 radical (unpaired) electrons. The predicted molar refractivity (Wildman–Crippen MR) is 109 cm³/mol.